The molecule has 124 valence electrons. The molecule has 0 radical (unpaired) electrons. The first-order chi connectivity index (χ1) is 11.1. The molecule has 3 rings (SSSR count). The van der Waals surface area contributed by atoms with E-state index in [1.807, 2.05) is 0 Å². The van der Waals surface area contributed by atoms with E-state index in [0.717, 1.165) is 12.3 Å². The molecule has 1 aliphatic heterocycles. The maximum Gasteiger partial charge on any atom is 0.251 e. The van der Waals surface area contributed by atoms with Gasteiger partial charge in [0.1, 0.15) is 0 Å². The van der Waals surface area contributed by atoms with Crippen LogP contribution in [0.3, 0.4) is 0 Å². The number of halogens is 1. The van der Waals surface area contributed by atoms with Gasteiger partial charge in [0.25, 0.3) is 5.91 Å². The fraction of sp³-hybridized carbons (Fsp3) is 0.500. The molecule has 0 bridgehead atoms. The van der Waals surface area contributed by atoms with Crippen molar-refractivity contribution in [3.8, 4) is 0 Å². The number of amides is 2. The molecule has 4 N–H and O–H groups in total. The third-order valence-corrected chi connectivity index (χ3v) is 4.45. The maximum atomic E-state index is 11.9. The summed E-state index contributed by atoms with van der Waals surface area (Å²) in [5.74, 6) is 0.476. The number of nitrogens with one attached hydrogen (secondary N) is 4. The lowest BCUT2D eigenvalue weighted by molar-refractivity contribution is -0.121. The molecule has 2 atom stereocenters. The summed E-state index contributed by atoms with van der Waals surface area (Å²) in [7, 11) is 0. The molecule has 2 fully saturated rings. The summed E-state index contributed by atoms with van der Waals surface area (Å²) >= 11 is 5.78. The summed E-state index contributed by atoms with van der Waals surface area (Å²) in [6.45, 7) is 0.305. The van der Waals surface area contributed by atoms with Crippen molar-refractivity contribution in [3.05, 3.63) is 34.9 Å². The molecule has 2 unspecified atom stereocenters. The highest BCUT2D eigenvalue weighted by Crippen LogP contribution is 2.35. The van der Waals surface area contributed by atoms with Crippen LogP contribution in [0.2, 0.25) is 5.02 Å². The van der Waals surface area contributed by atoms with Gasteiger partial charge in [0, 0.05) is 29.6 Å². The van der Waals surface area contributed by atoms with Gasteiger partial charge in [0.2, 0.25) is 5.91 Å². The minimum Gasteiger partial charge on any atom is -0.352 e. The fourth-order valence-electron chi connectivity index (χ4n) is 2.74. The molecule has 2 aliphatic rings. The van der Waals surface area contributed by atoms with Gasteiger partial charge in [0.05, 0.1) is 6.17 Å². The van der Waals surface area contributed by atoms with Crippen molar-refractivity contribution >= 4 is 23.4 Å². The lowest BCUT2D eigenvalue weighted by Crippen LogP contribution is -2.45. The molecule has 2 amide bonds. The zero-order chi connectivity index (χ0) is 16.2. The van der Waals surface area contributed by atoms with E-state index < -0.39 is 0 Å². The monoisotopic (exact) mass is 336 g/mol. The standard InChI is InChI=1S/C16H21ClN4O2/c17-12-5-3-11(4-6-12)16(23)18-8-7-15(22)19-14-9-13(20-21-14)10-1-2-10/h3-6,10,13-14,20-21H,1-2,7-9H2,(H,18,23)(H,19,22). The van der Waals surface area contributed by atoms with Crippen molar-refractivity contribution in [3.63, 3.8) is 0 Å². The molecule has 1 aliphatic carbocycles. The number of hydrazine groups is 1. The Balaban J connectivity index is 1.34. The lowest BCUT2D eigenvalue weighted by atomic mass is 10.1. The third-order valence-electron chi connectivity index (χ3n) is 4.20. The molecule has 1 saturated heterocycles. The Morgan fingerprint density at radius 3 is 2.61 bits per heavy atom. The Kier molecular flexibility index (Phi) is 5.15. The van der Waals surface area contributed by atoms with Crippen LogP contribution in [0.5, 0.6) is 0 Å². The second-order valence-electron chi connectivity index (χ2n) is 6.10. The van der Waals surface area contributed by atoms with Gasteiger partial charge < -0.3 is 10.6 Å². The smallest absolute Gasteiger partial charge is 0.251 e. The van der Waals surface area contributed by atoms with E-state index in [9.17, 15) is 9.59 Å². The molecule has 1 aromatic rings. The highest BCUT2D eigenvalue weighted by Gasteiger charge is 2.36. The molecule has 1 heterocycles. The SMILES string of the molecule is O=C(CCNC(=O)c1ccc(Cl)cc1)NC1CC(C2CC2)NN1. The molecule has 0 aromatic heterocycles. The average Bonchev–Trinajstić information content (AvgIpc) is 3.28. The Bertz CT molecular complexity index is 574. The first-order valence-corrected chi connectivity index (χ1v) is 8.34. The highest BCUT2D eigenvalue weighted by atomic mass is 35.5. The molecular weight excluding hydrogens is 316 g/mol. The summed E-state index contributed by atoms with van der Waals surface area (Å²) in [6.07, 6.45) is 3.69. The van der Waals surface area contributed by atoms with Crippen molar-refractivity contribution in [2.24, 2.45) is 5.92 Å². The Morgan fingerprint density at radius 1 is 1.17 bits per heavy atom. The Labute approximate surface area is 140 Å². The summed E-state index contributed by atoms with van der Waals surface area (Å²) in [4.78, 5) is 23.8. The molecule has 0 spiro atoms. The van der Waals surface area contributed by atoms with Gasteiger partial charge in [-0.25, -0.2) is 5.43 Å². The first-order valence-electron chi connectivity index (χ1n) is 7.96. The van der Waals surface area contributed by atoms with Gasteiger partial charge in [-0.3, -0.25) is 15.0 Å². The van der Waals surface area contributed by atoms with Crippen molar-refractivity contribution in [2.75, 3.05) is 6.54 Å². The zero-order valence-electron chi connectivity index (χ0n) is 12.8. The van der Waals surface area contributed by atoms with Crippen molar-refractivity contribution < 1.29 is 9.59 Å². The zero-order valence-corrected chi connectivity index (χ0v) is 13.5. The van der Waals surface area contributed by atoms with Gasteiger partial charge in [-0.05, 0) is 49.4 Å². The van der Waals surface area contributed by atoms with Gasteiger partial charge in [0.15, 0.2) is 0 Å². The molecular formula is C16H21ClN4O2. The molecule has 23 heavy (non-hydrogen) atoms. The van der Waals surface area contributed by atoms with Crippen LogP contribution in [0.4, 0.5) is 0 Å². The van der Waals surface area contributed by atoms with Gasteiger partial charge >= 0.3 is 0 Å². The lowest BCUT2D eigenvalue weighted by Gasteiger charge is -2.12. The van der Waals surface area contributed by atoms with E-state index in [0.29, 0.717) is 23.2 Å². The largest absolute Gasteiger partial charge is 0.352 e. The number of carbonyl (C=O) groups is 2. The van der Waals surface area contributed by atoms with Crippen LogP contribution >= 0.6 is 11.6 Å². The minimum atomic E-state index is -0.205. The number of benzene rings is 1. The van der Waals surface area contributed by atoms with Gasteiger partial charge in [-0.2, -0.15) is 0 Å². The van der Waals surface area contributed by atoms with Crippen LogP contribution in [-0.2, 0) is 4.79 Å². The van der Waals surface area contributed by atoms with Crippen LogP contribution in [0.25, 0.3) is 0 Å². The van der Waals surface area contributed by atoms with Crippen molar-refractivity contribution in [1.29, 1.82) is 0 Å². The summed E-state index contributed by atoms with van der Waals surface area (Å²) in [6, 6.07) is 7.11. The van der Waals surface area contributed by atoms with Crippen LogP contribution in [0, 0.1) is 5.92 Å². The Morgan fingerprint density at radius 2 is 1.91 bits per heavy atom. The van der Waals surface area contributed by atoms with E-state index in [1.165, 1.54) is 12.8 Å². The minimum absolute atomic E-state index is 0.0277. The highest BCUT2D eigenvalue weighted by molar-refractivity contribution is 6.30. The van der Waals surface area contributed by atoms with E-state index in [2.05, 4.69) is 21.5 Å². The number of carbonyl (C=O) groups excluding carboxylic acids is 2. The predicted octanol–water partition coefficient (Wildman–Crippen LogP) is 1.18. The maximum absolute atomic E-state index is 11.9. The average molecular weight is 337 g/mol. The van der Waals surface area contributed by atoms with Gasteiger partial charge in [-0.15, -0.1) is 0 Å². The fourth-order valence-corrected chi connectivity index (χ4v) is 2.87. The molecule has 1 saturated carbocycles. The van der Waals surface area contributed by atoms with E-state index in [1.54, 1.807) is 24.3 Å². The summed E-state index contributed by atoms with van der Waals surface area (Å²) in [5.41, 5.74) is 6.87. The van der Waals surface area contributed by atoms with Crippen molar-refractivity contribution in [1.82, 2.24) is 21.5 Å². The topological polar surface area (TPSA) is 82.3 Å². The van der Waals surface area contributed by atoms with Crippen LogP contribution < -0.4 is 21.5 Å². The van der Waals surface area contributed by atoms with Crippen LogP contribution in [0.1, 0.15) is 36.0 Å². The molecule has 7 heteroatoms. The Hall–Kier alpha value is -1.63. The van der Waals surface area contributed by atoms with E-state index in [4.69, 9.17) is 11.6 Å². The third kappa shape index (κ3) is 4.67. The first kappa shape index (κ1) is 16.2. The van der Waals surface area contributed by atoms with E-state index in [-0.39, 0.29) is 24.4 Å². The number of hydrogen-bond acceptors (Lipinski definition) is 4. The van der Waals surface area contributed by atoms with Crippen LogP contribution in [-0.4, -0.2) is 30.6 Å². The number of hydrogen-bond donors (Lipinski definition) is 4. The normalized spacial score (nSPS) is 23.5. The second-order valence-corrected chi connectivity index (χ2v) is 6.54. The number of rotatable bonds is 6. The predicted molar refractivity (Wildman–Crippen MR) is 87.7 cm³/mol. The van der Waals surface area contributed by atoms with Crippen molar-refractivity contribution in [2.45, 2.75) is 37.9 Å². The van der Waals surface area contributed by atoms with Gasteiger partial charge in [-0.1, -0.05) is 11.6 Å². The van der Waals surface area contributed by atoms with Crippen LogP contribution in [0.15, 0.2) is 24.3 Å². The molecule has 6 nitrogen and oxygen atoms in total. The summed E-state index contributed by atoms with van der Waals surface area (Å²) < 4.78 is 0. The summed E-state index contributed by atoms with van der Waals surface area (Å²) in [5, 5.41) is 6.25. The second kappa shape index (κ2) is 7.29. The molecule has 1 aromatic carbocycles. The quantitative estimate of drug-likeness (QED) is 0.628. The van der Waals surface area contributed by atoms with E-state index >= 15 is 0 Å².